The van der Waals surface area contributed by atoms with E-state index >= 15 is 0 Å². The van der Waals surface area contributed by atoms with E-state index in [1.54, 1.807) is 13.8 Å². The van der Waals surface area contributed by atoms with Gasteiger partial charge in [-0.05, 0) is 31.0 Å². The maximum Gasteiger partial charge on any atom is 0.416 e. The van der Waals surface area contributed by atoms with Gasteiger partial charge in [0.05, 0.1) is 21.4 Å². The topological polar surface area (TPSA) is 60.2 Å². The third-order valence-corrected chi connectivity index (χ3v) is 5.52. The highest BCUT2D eigenvalue weighted by Crippen LogP contribution is 2.34. The molecule has 1 rings (SSSR count). The molecule has 7 heteroatoms. The highest BCUT2D eigenvalue weighted by molar-refractivity contribution is 7.92. The van der Waals surface area contributed by atoms with Gasteiger partial charge in [-0.3, -0.25) is 0 Å². The molecule has 1 aromatic rings. The van der Waals surface area contributed by atoms with Crippen LogP contribution < -0.4 is 5.73 Å². The molecule has 1 aromatic carbocycles. The van der Waals surface area contributed by atoms with Crippen LogP contribution in [0.15, 0.2) is 23.1 Å². The molecule has 3 nitrogen and oxygen atoms in total. The molecule has 0 heterocycles. The van der Waals surface area contributed by atoms with Crippen molar-refractivity contribution in [3.05, 3.63) is 23.8 Å². The Morgan fingerprint density at radius 2 is 1.74 bits per heavy atom. The highest BCUT2D eigenvalue weighted by Gasteiger charge is 2.33. The Balaban J connectivity index is 3.31. The van der Waals surface area contributed by atoms with Gasteiger partial charge in [0, 0.05) is 0 Å². The van der Waals surface area contributed by atoms with Crippen LogP contribution in [0.2, 0.25) is 0 Å². The third kappa shape index (κ3) is 3.20. The highest BCUT2D eigenvalue weighted by atomic mass is 32.2. The first kappa shape index (κ1) is 15.8. The Kier molecular flexibility index (Phi) is 4.50. The standard InChI is InChI=1S/C12H16F3NO2S/c1-3-9(4-2)19(17,18)11-6-5-8(7-10(11)16)12(13,14)15/h5-7,9H,3-4,16H2,1-2H3. The van der Waals surface area contributed by atoms with Crippen molar-refractivity contribution < 1.29 is 21.6 Å². The first-order valence-corrected chi connectivity index (χ1v) is 7.39. The van der Waals surface area contributed by atoms with Crippen LogP contribution in [0.4, 0.5) is 18.9 Å². The van der Waals surface area contributed by atoms with Crippen LogP contribution in [-0.4, -0.2) is 13.7 Å². The molecule has 0 amide bonds. The summed E-state index contributed by atoms with van der Waals surface area (Å²) < 4.78 is 61.9. The molecule has 0 atom stereocenters. The van der Waals surface area contributed by atoms with Gasteiger partial charge in [-0.15, -0.1) is 0 Å². The van der Waals surface area contributed by atoms with E-state index in [9.17, 15) is 21.6 Å². The molecule has 0 aliphatic heterocycles. The predicted octanol–water partition coefficient (Wildman–Crippen LogP) is 3.25. The summed E-state index contributed by atoms with van der Waals surface area (Å²) >= 11 is 0. The number of benzene rings is 1. The molecule has 0 unspecified atom stereocenters. The summed E-state index contributed by atoms with van der Waals surface area (Å²) in [6, 6.07) is 2.34. The summed E-state index contributed by atoms with van der Waals surface area (Å²) in [5.41, 5.74) is 4.16. The van der Waals surface area contributed by atoms with Crippen LogP contribution in [0, 0.1) is 0 Å². The molecule has 108 valence electrons. The summed E-state index contributed by atoms with van der Waals surface area (Å²) in [4.78, 5) is -0.228. The van der Waals surface area contributed by atoms with Crippen molar-refractivity contribution in [3.8, 4) is 0 Å². The van der Waals surface area contributed by atoms with Crippen molar-refractivity contribution in [2.24, 2.45) is 0 Å². The van der Waals surface area contributed by atoms with E-state index in [1.165, 1.54) is 0 Å². The zero-order valence-electron chi connectivity index (χ0n) is 10.7. The molecular weight excluding hydrogens is 279 g/mol. The van der Waals surface area contributed by atoms with Gasteiger partial charge in [-0.25, -0.2) is 8.42 Å². The zero-order chi connectivity index (χ0) is 14.8. The number of anilines is 1. The number of sulfone groups is 1. The van der Waals surface area contributed by atoms with Crippen LogP contribution in [0.3, 0.4) is 0 Å². The number of alkyl halides is 3. The molecule has 0 aliphatic rings. The van der Waals surface area contributed by atoms with Crippen LogP contribution in [0.5, 0.6) is 0 Å². The number of halogens is 3. The average Bonchev–Trinajstić information content (AvgIpc) is 2.28. The average molecular weight is 295 g/mol. The number of hydrogen-bond acceptors (Lipinski definition) is 3. The zero-order valence-corrected chi connectivity index (χ0v) is 11.5. The molecule has 0 saturated heterocycles. The second-order valence-corrected chi connectivity index (χ2v) is 6.43. The van der Waals surface area contributed by atoms with E-state index in [0.717, 1.165) is 12.1 Å². The smallest absolute Gasteiger partial charge is 0.398 e. The van der Waals surface area contributed by atoms with Crippen molar-refractivity contribution in [2.75, 3.05) is 5.73 Å². The molecular formula is C12H16F3NO2S. The summed E-state index contributed by atoms with van der Waals surface area (Å²) in [5, 5.41) is -0.633. The van der Waals surface area contributed by atoms with Gasteiger partial charge in [-0.1, -0.05) is 13.8 Å². The van der Waals surface area contributed by atoms with E-state index in [4.69, 9.17) is 5.73 Å². The van der Waals surface area contributed by atoms with E-state index in [-0.39, 0.29) is 10.6 Å². The largest absolute Gasteiger partial charge is 0.416 e. The van der Waals surface area contributed by atoms with E-state index in [1.807, 2.05) is 0 Å². The van der Waals surface area contributed by atoms with Crippen molar-refractivity contribution in [1.82, 2.24) is 0 Å². The maximum absolute atomic E-state index is 12.5. The molecule has 0 aromatic heterocycles. The quantitative estimate of drug-likeness (QED) is 0.867. The van der Waals surface area contributed by atoms with Gasteiger partial charge in [0.25, 0.3) is 0 Å². The number of hydrogen-bond donors (Lipinski definition) is 1. The molecule has 0 radical (unpaired) electrons. The molecule has 0 aliphatic carbocycles. The van der Waals surface area contributed by atoms with Gasteiger partial charge in [0.1, 0.15) is 0 Å². The Hall–Kier alpha value is -1.24. The fourth-order valence-electron chi connectivity index (χ4n) is 1.89. The maximum atomic E-state index is 12.5. The van der Waals surface area contributed by atoms with Crippen LogP contribution in [0.1, 0.15) is 32.3 Å². The van der Waals surface area contributed by atoms with Crippen molar-refractivity contribution in [3.63, 3.8) is 0 Å². The first-order valence-electron chi connectivity index (χ1n) is 5.85. The summed E-state index contributed by atoms with van der Waals surface area (Å²) in [6.45, 7) is 3.43. The number of nitrogens with two attached hydrogens (primary N) is 1. The molecule has 0 fully saturated rings. The third-order valence-electron chi connectivity index (χ3n) is 2.99. The van der Waals surface area contributed by atoms with E-state index in [2.05, 4.69) is 0 Å². The predicted molar refractivity (Wildman–Crippen MR) is 67.4 cm³/mol. The molecule has 0 saturated carbocycles. The van der Waals surface area contributed by atoms with Gasteiger partial charge in [-0.2, -0.15) is 13.2 Å². The van der Waals surface area contributed by atoms with E-state index < -0.39 is 26.8 Å². The normalized spacial score (nSPS) is 12.9. The lowest BCUT2D eigenvalue weighted by atomic mass is 10.2. The molecule has 0 spiro atoms. The summed E-state index contributed by atoms with van der Waals surface area (Å²) in [7, 11) is -3.69. The minimum atomic E-state index is -4.54. The monoisotopic (exact) mass is 295 g/mol. The lowest BCUT2D eigenvalue weighted by Gasteiger charge is -2.16. The minimum Gasteiger partial charge on any atom is -0.398 e. The summed E-state index contributed by atoms with van der Waals surface area (Å²) in [5.74, 6) is 0. The van der Waals surface area contributed by atoms with Crippen LogP contribution in [-0.2, 0) is 16.0 Å². The Bertz CT molecular complexity index is 549. The fourth-order valence-corrected chi connectivity index (χ4v) is 3.77. The Morgan fingerprint density at radius 1 is 1.21 bits per heavy atom. The second-order valence-electron chi connectivity index (χ2n) is 4.23. The Labute approximate surface area is 110 Å². The van der Waals surface area contributed by atoms with Gasteiger partial charge < -0.3 is 5.73 Å². The SMILES string of the molecule is CCC(CC)S(=O)(=O)c1ccc(C(F)(F)F)cc1N. The molecule has 0 bridgehead atoms. The second kappa shape index (κ2) is 5.40. The van der Waals surface area contributed by atoms with Crippen molar-refractivity contribution >= 4 is 15.5 Å². The van der Waals surface area contributed by atoms with Crippen molar-refractivity contribution in [1.29, 1.82) is 0 Å². The van der Waals surface area contributed by atoms with Gasteiger partial charge in [0.2, 0.25) is 0 Å². The number of rotatable bonds is 4. The first-order chi connectivity index (χ1) is 8.64. The van der Waals surface area contributed by atoms with E-state index in [0.29, 0.717) is 18.9 Å². The van der Waals surface area contributed by atoms with Crippen LogP contribution >= 0.6 is 0 Å². The van der Waals surface area contributed by atoms with Crippen molar-refractivity contribution in [2.45, 2.75) is 43.0 Å². The van der Waals surface area contributed by atoms with Gasteiger partial charge in [0.15, 0.2) is 9.84 Å². The van der Waals surface area contributed by atoms with Gasteiger partial charge >= 0.3 is 6.18 Å². The lowest BCUT2D eigenvalue weighted by Crippen LogP contribution is -2.21. The fraction of sp³-hybridized carbons (Fsp3) is 0.500. The molecule has 2 N–H and O–H groups in total. The summed E-state index contributed by atoms with van der Waals surface area (Å²) in [6.07, 6.45) is -3.76. The molecule has 19 heavy (non-hydrogen) atoms. The number of nitrogen functional groups attached to an aromatic ring is 1. The lowest BCUT2D eigenvalue weighted by molar-refractivity contribution is -0.137. The van der Waals surface area contributed by atoms with Crippen LogP contribution in [0.25, 0.3) is 0 Å². The Morgan fingerprint density at radius 3 is 2.11 bits per heavy atom. The minimum absolute atomic E-state index is 0.228.